The van der Waals surface area contributed by atoms with Crippen LogP contribution in [0, 0.1) is 0 Å². The summed E-state index contributed by atoms with van der Waals surface area (Å²) in [6.45, 7) is 1.24. The van der Waals surface area contributed by atoms with Crippen molar-refractivity contribution in [2.45, 2.75) is 12.8 Å². The molecule has 34 heavy (non-hydrogen) atoms. The number of anilines is 1. The molecule has 0 aliphatic rings. The third kappa shape index (κ3) is 5.66. The topological polar surface area (TPSA) is 62.5 Å². The molecule has 6 nitrogen and oxygen atoms in total. The standard InChI is InChI=1S/C24H21BrCl3N5O/c1-32(23(34)12-15-7-8-19(27)20(28)11-15)10-4-9-29-22-13-21(16-5-2-3-6-18(16)26)31-24-17(25)14-30-33(22)24/h2-3,5-8,11,13-14,29H,4,9-10,12H2,1H3. The number of halogens is 4. The van der Waals surface area contributed by atoms with E-state index in [1.165, 1.54) is 0 Å². The molecule has 2 heterocycles. The highest BCUT2D eigenvalue weighted by molar-refractivity contribution is 9.10. The number of rotatable bonds is 8. The first-order chi connectivity index (χ1) is 16.3. The van der Waals surface area contributed by atoms with E-state index in [9.17, 15) is 4.79 Å². The molecule has 0 spiro atoms. The molecule has 0 radical (unpaired) electrons. The predicted octanol–water partition coefficient (Wildman–Crippen LogP) is 6.62. The van der Waals surface area contributed by atoms with E-state index in [1.807, 2.05) is 36.4 Å². The number of hydrogen-bond donors (Lipinski definition) is 1. The van der Waals surface area contributed by atoms with Gasteiger partial charge in [-0.25, -0.2) is 4.98 Å². The van der Waals surface area contributed by atoms with Gasteiger partial charge in [0.2, 0.25) is 5.91 Å². The number of carbonyl (C=O) groups is 1. The van der Waals surface area contributed by atoms with Gasteiger partial charge in [0.05, 0.1) is 32.8 Å². The van der Waals surface area contributed by atoms with Gasteiger partial charge in [-0.3, -0.25) is 4.79 Å². The van der Waals surface area contributed by atoms with Crippen molar-refractivity contribution >= 4 is 68.1 Å². The minimum atomic E-state index is 0.0155. The normalized spacial score (nSPS) is 11.1. The fraction of sp³-hybridized carbons (Fsp3) is 0.208. The Morgan fingerprint density at radius 1 is 1.09 bits per heavy atom. The average Bonchev–Trinajstić information content (AvgIpc) is 3.20. The van der Waals surface area contributed by atoms with Gasteiger partial charge in [0.25, 0.3) is 0 Å². The van der Waals surface area contributed by atoms with E-state index in [0.717, 1.165) is 33.5 Å². The maximum absolute atomic E-state index is 12.6. The molecule has 0 aliphatic heterocycles. The van der Waals surface area contributed by atoms with Crippen LogP contribution in [0.1, 0.15) is 12.0 Å². The zero-order valence-electron chi connectivity index (χ0n) is 18.2. The summed E-state index contributed by atoms with van der Waals surface area (Å²) in [7, 11) is 1.80. The van der Waals surface area contributed by atoms with Gasteiger partial charge in [0.15, 0.2) is 5.65 Å². The number of hydrogen-bond acceptors (Lipinski definition) is 4. The van der Waals surface area contributed by atoms with Crippen molar-refractivity contribution in [2.75, 3.05) is 25.5 Å². The Morgan fingerprint density at radius 3 is 2.65 bits per heavy atom. The summed E-state index contributed by atoms with van der Waals surface area (Å²) in [4.78, 5) is 19.0. The lowest BCUT2D eigenvalue weighted by atomic mass is 10.1. The highest BCUT2D eigenvalue weighted by Crippen LogP contribution is 2.30. The summed E-state index contributed by atoms with van der Waals surface area (Å²) >= 11 is 21.9. The summed E-state index contributed by atoms with van der Waals surface area (Å²) in [6.07, 6.45) is 2.73. The monoisotopic (exact) mass is 579 g/mol. The van der Waals surface area contributed by atoms with E-state index in [4.69, 9.17) is 39.8 Å². The second kappa shape index (κ2) is 11.0. The molecule has 2 aromatic carbocycles. The zero-order valence-corrected chi connectivity index (χ0v) is 22.1. The van der Waals surface area contributed by atoms with E-state index in [2.05, 4.69) is 26.3 Å². The number of amides is 1. The molecule has 176 valence electrons. The fourth-order valence-corrected chi connectivity index (χ4v) is 4.39. The average molecular weight is 582 g/mol. The summed E-state index contributed by atoms with van der Waals surface area (Å²) in [5.74, 6) is 0.803. The second-order valence-corrected chi connectivity index (χ2v) is 9.83. The van der Waals surface area contributed by atoms with E-state index in [1.54, 1.807) is 34.8 Å². The van der Waals surface area contributed by atoms with Crippen molar-refractivity contribution in [1.29, 1.82) is 0 Å². The Labute approximate surface area is 221 Å². The Balaban J connectivity index is 1.40. The van der Waals surface area contributed by atoms with Gasteiger partial charge in [-0.1, -0.05) is 59.1 Å². The van der Waals surface area contributed by atoms with E-state index >= 15 is 0 Å². The van der Waals surface area contributed by atoms with Crippen molar-refractivity contribution in [2.24, 2.45) is 0 Å². The van der Waals surface area contributed by atoms with Crippen LogP contribution in [0.15, 0.2) is 59.2 Å². The number of aromatic nitrogens is 3. The Kier molecular flexibility index (Phi) is 7.99. The van der Waals surface area contributed by atoms with Crippen molar-refractivity contribution in [3.05, 3.63) is 79.8 Å². The quantitative estimate of drug-likeness (QED) is 0.238. The molecule has 0 aliphatic carbocycles. The first-order valence-corrected chi connectivity index (χ1v) is 12.5. The highest BCUT2D eigenvalue weighted by Gasteiger charge is 2.14. The number of likely N-dealkylation sites (N-methyl/N-ethyl adjacent to an activating group) is 1. The number of nitrogens with zero attached hydrogens (tertiary/aromatic N) is 4. The Bertz CT molecular complexity index is 1340. The van der Waals surface area contributed by atoms with Gasteiger partial charge in [0, 0.05) is 36.8 Å². The molecule has 0 fully saturated rings. The molecular weight excluding hydrogens is 561 g/mol. The minimum Gasteiger partial charge on any atom is -0.370 e. The molecule has 4 aromatic rings. The molecule has 0 bridgehead atoms. The van der Waals surface area contributed by atoms with Crippen molar-refractivity contribution in [3.63, 3.8) is 0 Å². The fourth-order valence-electron chi connectivity index (χ4n) is 3.49. The van der Waals surface area contributed by atoms with Crippen LogP contribution in [-0.2, 0) is 11.2 Å². The first-order valence-electron chi connectivity index (χ1n) is 10.5. The Morgan fingerprint density at radius 2 is 1.88 bits per heavy atom. The predicted molar refractivity (Wildman–Crippen MR) is 142 cm³/mol. The summed E-state index contributed by atoms with van der Waals surface area (Å²) in [5.41, 5.74) is 3.11. The molecule has 0 saturated heterocycles. The van der Waals surface area contributed by atoms with E-state index in [-0.39, 0.29) is 12.3 Å². The minimum absolute atomic E-state index is 0.0155. The molecule has 0 unspecified atom stereocenters. The van der Waals surface area contributed by atoms with Crippen LogP contribution < -0.4 is 5.32 Å². The third-order valence-corrected chi connectivity index (χ3v) is 6.95. The zero-order chi connectivity index (χ0) is 24.2. The number of nitrogens with one attached hydrogen (secondary N) is 1. The van der Waals surface area contributed by atoms with E-state index < -0.39 is 0 Å². The lowest BCUT2D eigenvalue weighted by Gasteiger charge is -2.18. The van der Waals surface area contributed by atoms with Crippen LogP contribution in [0.2, 0.25) is 15.1 Å². The van der Waals surface area contributed by atoms with Crippen LogP contribution in [0.4, 0.5) is 5.82 Å². The second-order valence-electron chi connectivity index (χ2n) is 7.76. The van der Waals surface area contributed by atoms with E-state index in [0.29, 0.717) is 33.8 Å². The molecule has 1 N–H and O–H groups in total. The number of carbonyl (C=O) groups excluding carboxylic acids is 1. The van der Waals surface area contributed by atoms with Crippen LogP contribution in [0.3, 0.4) is 0 Å². The smallest absolute Gasteiger partial charge is 0.226 e. The highest BCUT2D eigenvalue weighted by atomic mass is 79.9. The number of fused-ring (bicyclic) bond motifs is 1. The van der Waals surface area contributed by atoms with Crippen molar-refractivity contribution < 1.29 is 4.79 Å². The number of benzene rings is 2. The SMILES string of the molecule is CN(CCCNc1cc(-c2ccccc2Cl)nc2c(Br)cnn12)C(=O)Cc1ccc(Cl)c(Cl)c1. The lowest BCUT2D eigenvalue weighted by molar-refractivity contribution is -0.129. The largest absolute Gasteiger partial charge is 0.370 e. The summed E-state index contributed by atoms with van der Waals surface area (Å²) < 4.78 is 2.53. The Hall–Kier alpha value is -2.32. The maximum atomic E-state index is 12.6. The van der Waals surface area contributed by atoms with Gasteiger partial charge in [-0.15, -0.1) is 0 Å². The lowest BCUT2D eigenvalue weighted by Crippen LogP contribution is -2.30. The van der Waals surface area contributed by atoms with Crippen LogP contribution in [0.25, 0.3) is 16.9 Å². The molecule has 10 heteroatoms. The van der Waals surface area contributed by atoms with Crippen LogP contribution in [-0.4, -0.2) is 45.5 Å². The third-order valence-electron chi connectivity index (χ3n) is 5.32. The van der Waals surface area contributed by atoms with Crippen molar-refractivity contribution in [3.8, 4) is 11.3 Å². The summed E-state index contributed by atoms with van der Waals surface area (Å²) in [5, 5.41) is 9.37. The van der Waals surface area contributed by atoms with Crippen LogP contribution in [0.5, 0.6) is 0 Å². The maximum Gasteiger partial charge on any atom is 0.226 e. The van der Waals surface area contributed by atoms with Crippen molar-refractivity contribution in [1.82, 2.24) is 19.5 Å². The molecule has 0 saturated carbocycles. The van der Waals surface area contributed by atoms with Gasteiger partial charge in [-0.05, 0) is 46.1 Å². The van der Waals surface area contributed by atoms with Gasteiger partial charge in [0.1, 0.15) is 5.82 Å². The van der Waals surface area contributed by atoms with Gasteiger partial charge in [-0.2, -0.15) is 9.61 Å². The molecule has 1 amide bonds. The van der Waals surface area contributed by atoms with Gasteiger partial charge < -0.3 is 10.2 Å². The first kappa shape index (κ1) is 24.8. The molecule has 2 aromatic heterocycles. The van der Waals surface area contributed by atoms with Gasteiger partial charge >= 0.3 is 0 Å². The molecule has 4 rings (SSSR count). The molecule has 0 atom stereocenters. The van der Waals surface area contributed by atoms with Crippen LogP contribution >= 0.6 is 50.7 Å². The summed E-state index contributed by atoms with van der Waals surface area (Å²) in [6, 6.07) is 14.8. The molecular formula is C24H21BrCl3N5O.